The lowest BCUT2D eigenvalue weighted by Crippen LogP contribution is -2.11. The van der Waals surface area contributed by atoms with Crippen molar-refractivity contribution in [2.45, 2.75) is 23.9 Å². The van der Waals surface area contributed by atoms with E-state index in [2.05, 4.69) is 15.5 Å². The Hall–Kier alpha value is -1.54. The van der Waals surface area contributed by atoms with Crippen LogP contribution in [0.4, 0.5) is 5.13 Å². The van der Waals surface area contributed by atoms with Gasteiger partial charge in [-0.2, -0.15) is 0 Å². The van der Waals surface area contributed by atoms with E-state index in [9.17, 15) is 4.79 Å². The highest BCUT2D eigenvalue weighted by Crippen LogP contribution is 2.31. The lowest BCUT2D eigenvalue weighted by molar-refractivity contribution is 0.102. The second-order valence-electron chi connectivity index (χ2n) is 5.18. The molecular formula is C16H13Cl2N3O2S2. The Bertz CT molecular complexity index is 924. The van der Waals surface area contributed by atoms with Crippen LogP contribution in [0.2, 0.25) is 10.0 Å². The topological polar surface area (TPSA) is 68.0 Å². The van der Waals surface area contributed by atoms with Crippen molar-refractivity contribution < 1.29 is 9.21 Å². The quantitative estimate of drug-likeness (QED) is 0.435. The number of carbonyl (C=O) groups excluding carboxylic acids is 1. The number of rotatable bonds is 5. The van der Waals surface area contributed by atoms with Crippen LogP contribution in [0, 0.1) is 13.8 Å². The van der Waals surface area contributed by atoms with E-state index in [1.807, 2.05) is 6.07 Å². The van der Waals surface area contributed by atoms with E-state index in [0.717, 1.165) is 9.90 Å². The molecule has 25 heavy (non-hydrogen) atoms. The summed E-state index contributed by atoms with van der Waals surface area (Å²) in [7, 11) is 0. The molecule has 130 valence electrons. The Labute approximate surface area is 162 Å². The van der Waals surface area contributed by atoms with Crippen LogP contribution < -0.4 is 5.32 Å². The van der Waals surface area contributed by atoms with E-state index < -0.39 is 0 Å². The summed E-state index contributed by atoms with van der Waals surface area (Å²) in [5.41, 5.74) is 1.45. The molecular weight excluding hydrogens is 401 g/mol. The van der Waals surface area contributed by atoms with Crippen LogP contribution in [0.3, 0.4) is 0 Å². The van der Waals surface area contributed by atoms with Gasteiger partial charge in [-0.1, -0.05) is 52.4 Å². The van der Waals surface area contributed by atoms with Gasteiger partial charge in [0.15, 0.2) is 4.34 Å². The number of nitrogens with zero attached hydrogens (tertiary/aromatic N) is 2. The number of benzene rings is 1. The van der Waals surface area contributed by atoms with E-state index in [1.165, 1.54) is 23.1 Å². The van der Waals surface area contributed by atoms with Crippen molar-refractivity contribution in [3.8, 4) is 0 Å². The van der Waals surface area contributed by atoms with Crippen LogP contribution in [0.5, 0.6) is 0 Å². The maximum Gasteiger partial charge on any atom is 0.261 e. The second-order valence-corrected chi connectivity index (χ2v) is 8.22. The van der Waals surface area contributed by atoms with Crippen molar-refractivity contribution in [1.29, 1.82) is 0 Å². The predicted molar refractivity (Wildman–Crippen MR) is 102 cm³/mol. The van der Waals surface area contributed by atoms with E-state index in [4.69, 9.17) is 27.6 Å². The molecule has 0 saturated carbocycles. The van der Waals surface area contributed by atoms with Gasteiger partial charge in [0, 0.05) is 15.8 Å². The molecule has 0 aliphatic heterocycles. The van der Waals surface area contributed by atoms with Crippen molar-refractivity contribution in [1.82, 2.24) is 10.2 Å². The van der Waals surface area contributed by atoms with Gasteiger partial charge < -0.3 is 4.42 Å². The molecule has 0 unspecified atom stereocenters. The molecule has 0 atom stereocenters. The fraction of sp³-hybridized carbons (Fsp3) is 0.188. The van der Waals surface area contributed by atoms with Crippen LogP contribution >= 0.6 is 46.3 Å². The van der Waals surface area contributed by atoms with Gasteiger partial charge in [-0.25, -0.2) is 0 Å². The minimum absolute atomic E-state index is 0.261. The summed E-state index contributed by atoms with van der Waals surface area (Å²) in [4.78, 5) is 12.2. The van der Waals surface area contributed by atoms with Crippen molar-refractivity contribution in [3.05, 3.63) is 57.0 Å². The highest BCUT2D eigenvalue weighted by molar-refractivity contribution is 8.00. The SMILES string of the molecule is Cc1cc(C(=O)Nc2nnc(SCc3ccc(Cl)cc3Cl)s2)c(C)o1. The van der Waals surface area contributed by atoms with Gasteiger partial charge in [-0.15, -0.1) is 10.2 Å². The van der Waals surface area contributed by atoms with Crippen molar-refractivity contribution in [2.75, 3.05) is 5.32 Å². The largest absolute Gasteiger partial charge is 0.466 e. The molecule has 0 bridgehead atoms. The molecule has 2 heterocycles. The Kier molecular flexibility index (Phi) is 5.68. The Morgan fingerprint density at radius 3 is 2.76 bits per heavy atom. The van der Waals surface area contributed by atoms with Gasteiger partial charge in [0.1, 0.15) is 11.5 Å². The van der Waals surface area contributed by atoms with Crippen LogP contribution in [-0.4, -0.2) is 16.1 Å². The number of carbonyl (C=O) groups is 1. The highest BCUT2D eigenvalue weighted by Gasteiger charge is 2.16. The summed E-state index contributed by atoms with van der Waals surface area (Å²) < 4.78 is 6.10. The zero-order valence-corrected chi connectivity index (χ0v) is 16.4. The summed E-state index contributed by atoms with van der Waals surface area (Å²) in [6, 6.07) is 7.08. The first-order valence-corrected chi connectivity index (χ1v) is 9.77. The lowest BCUT2D eigenvalue weighted by Gasteiger charge is -2.02. The monoisotopic (exact) mass is 413 g/mol. The molecule has 2 aromatic heterocycles. The minimum atomic E-state index is -0.261. The highest BCUT2D eigenvalue weighted by atomic mass is 35.5. The van der Waals surface area contributed by atoms with E-state index in [-0.39, 0.29) is 5.91 Å². The third-order valence-corrected chi connectivity index (χ3v) is 5.89. The Morgan fingerprint density at radius 2 is 2.08 bits per heavy atom. The van der Waals surface area contributed by atoms with E-state index in [0.29, 0.717) is 38.0 Å². The molecule has 0 aliphatic carbocycles. The molecule has 1 N–H and O–H groups in total. The first-order valence-electron chi connectivity index (χ1n) is 7.21. The summed E-state index contributed by atoms with van der Waals surface area (Å²) in [6.45, 7) is 3.55. The lowest BCUT2D eigenvalue weighted by atomic mass is 10.2. The van der Waals surface area contributed by atoms with Crippen molar-refractivity contribution in [2.24, 2.45) is 0 Å². The van der Waals surface area contributed by atoms with Gasteiger partial charge in [0.25, 0.3) is 5.91 Å². The third kappa shape index (κ3) is 4.55. The summed E-state index contributed by atoms with van der Waals surface area (Å²) in [5.74, 6) is 1.64. The van der Waals surface area contributed by atoms with Crippen LogP contribution in [-0.2, 0) is 5.75 Å². The number of amides is 1. The van der Waals surface area contributed by atoms with E-state index in [1.54, 1.807) is 32.0 Å². The van der Waals surface area contributed by atoms with Gasteiger partial charge in [-0.3, -0.25) is 10.1 Å². The number of nitrogens with one attached hydrogen (secondary N) is 1. The Morgan fingerprint density at radius 1 is 1.28 bits per heavy atom. The maximum absolute atomic E-state index is 12.2. The maximum atomic E-state index is 12.2. The fourth-order valence-corrected chi connectivity index (χ4v) is 4.42. The summed E-state index contributed by atoms with van der Waals surface area (Å²) in [6.07, 6.45) is 0. The van der Waals surface area contributed by atoms with Gasteiger partial charge in [0.2, 0.25) is 5.13 Å². The number of hydrogen-bond acceptors (Lipinski definition) is 6. The molecule has 1 amide bonds. The number of halogens is 2. The fourth-order valence-electron chi connectivity index (χ4n) is 2.12. The molecule has 3 aromatic rings. The average molecular weight is 414 g/mol. The summed E-state index contributed by atoms with van der Waals surface area (Å²) >= 11 is 14.8. The van der Waals surface area contributed by atoms with Crippen LogP contribution in [0.15, 0.2) is 33.0 Å². The minimum Gasteiger partial charge on any atom is -0.466 e. The molecule has 9 heteroatoms. The molecule has 0 radical (unpaired) electrons. The zero-order chi connectivity index (χ0) is 18.0. The number of furan rings is 1. The number of aryl methyl sites for hydroxylation is 2. The number of aromatic nitrogens is 2. The Balaban J connectivity index is 1.62. The standard InChI is InChI=1S/C16H13Cl2N3O2S2/c1-8-5-12(9(2)23-8)14(22)19-15-20-21-16(25-15)24-7-10-3-4-11(17)6-13(10)18/h3-6H,7H2,1-2H3,(H,19,20,22). The van der Waals surface area contributed by atoms with Crippen molar-refractivity contribution in [3.63, 3.8) is 0 Å². The van der Waals surface area contributed by atoms with Gasteiger partial charge in [0.05, 0.1) is 5.56 Å². The molecule has 0 spiro atoms. The van der Waals surface area contributed by atoms with Crippen LogP contribution in [0.1, 0.15) is 27.4 Å². The van der Waals surface area contributed by atoms with E-state index >= 15 is 0 Å². The zero-order valence-electron chi connectivity index (χ0n) is 13.3. The first-order chi connectivity index (χ1) is 11.9. The number of anilines is 1. The van der Waals surface area contributed by atoms with Crippen LogP contribution in [0.25, 0.3) is 0 Å². The number of thioether (sulfide) groups is 1. The summed E-state index contributed by atoms with van der Waals surface area (Å²) in [5, 5.41) is 12.5. The molecule has 0 aliphatic rings. The first kappa shape index (κ1) is 18.3. The predicted octanol–water partition coefficient (Wildman–Crippen LogP) is 5.60. The molecule has 3 rings (SSSR count). The normalized spacial score (nSPS) is 10.9. The number of hydrogen-bond donors (Lipinski definition) is 1. The molecule has 0 fully saturated rings. The van der Waals surface area contributed by atoms with Gasteiger partial charge >= 0.3 is 0 Å². The molecule has 5 nitrogen and oxygen atoms in total. The smallest absolute Gasteiger partial charge is 0.261 e. The molecule has 0 saturated heterocycles. The van der Waals surface area contributed by atoms with Gasteiger partial charge in [-0.05, 0) is 37.6 Å². The van der Waals surface area contributed by atoms with Crippen molar-refractivity contribution >= 4 is 57.3 Å². The average Bonchev–Trinajstić information content (AvgIpc) is 3.12. The molecule has 1 aromatic carbocycles. The third-order valence-electron chi connectivity index (χ3n) is 3.28. The second kappa shape index (κ2) is 7.78.